The van der Waals surface area contributed by atoms with E-state index in [-0.39, 0.29) is 39.0 Å². The predicted octanol–water partition coefficient (Wildman–Crippen LogP) is 3.40. The van der Waals surface area contributed by atoms with Crippen LogP contribution in [0.2, 0.25) is 0 Å². The van der Waals surface area contributed by atoms with Crippen LogP contribution in [0.15, 0.2) is 20.0 Å². The summed E-state index contributed by atoms with van der Waals surface area (Å²) < 4.78 is 118. The van der Waals surface area contributed by atoms with Crippen molar-refractivity contribution in [1.82, 2.24) is 19.6 Å². The first-order valence-electron chi connectivity index (χ1n) is 18.3. The van der Waals surface area contributed by atoms with Gasteiger partial charge < -0.3 is 69.9 Å². The van der Waals surface area contributed by atoms with Crippen LogP contribution in [0.25, 0.3) is 21.3 Å². The van der Waals surface area contributed by atoms with Gasteiger partial charge in [0.1, 0.15) is 0 Å². The summed E-state index contributed by atoms with van der Waals surface area (Å²) in [6.45, 7) is 17.2. The molecule has 8 aliphatic heterocycles. The van der Waals surface area contributed by atoms with Gasteiger partial charge in [-0.15, -0.1) is 0 Å². The molecule has 4 saturated heterocycles. The summed E-state index contributed by atoms with van der Waals surface area (Å²) in [5.74, 6) is 4.05. The van der Waals surface area contributed by atoms with Gasteiger partial charge in [-0.1, -0.05) is 0 Å². The molecular formula is C30H48F6N12O6Ru2S2. The molecule has 0 atom stereocenters. The Labute approximate surface area is 361 Å². The molecule has 0 saturated carbocycles. The summed E-state index contributed by atoms with van der Waals surface area (Å²) in [5, 5.41) is 17.3. The first-order valence-corrected chi connectivity index (χ1v) is 21.1. The molecule has 0 bridgehead atoms. The Bertz CT molecular complexity index is 1390. The number of alkyl halides is 6. The quantitative estimate of drug-likeness (QED) is 0.149. The second kappa shape index (κ2) is 26.1. The Morgan fingerprint density at radius 1 is 0.414 bits per heavy atom. The fourth-order valence-electron chi connectivity index (χ4n) is 5.77. The molecule has 0 aliphatic carbocycles. The van der Waals surface area contributed by atoms with Crippen LogP contribution in [0.4, 0.5) is 26.3 Å². The molecule has 58 heavy (non-hydrogen) atoms. The molecule has 28 heteroatoms. The maximum atomic E-state index is 10.7. The minimum Gasteiger partial charge on any atom is -0.741 e. The van der Waals surface area contributed by atoms with E-state index in [0.717, 1.165) is 76.2 Å². The summed E-state index contributed by atoms with van der Waals surface area (Å²) in [4.78, 5) is 26.4. The molecule has 0 spiro atoms. The third-order valence-corrected chi connectivity index (χ3v) is 9.55. The van der Waals surface area contributed by atoms with E-state index >= 15 is 0 Å². The number of guanidine groups is 4. The summed E-state index contributed by atoms with van der Waals surface area (Å²) in [7, 11) is -12.2. The Hall–Kier alpha value is -2.27. The summed E-state index contributed by atoms with van der Waals surface area (Å²) >= 11 is 0. The van der Waals surface area contributed by atoms with Crippen LogP contribution >= 0.6 is 0 Å². The molecule has 4 fully saturated rings. The van der Waals surface area contributed by atoms with E-state index in [2.05, 4.69) is 60.8 Å². The van der Waals surface area contributed by atoms with E-state index in [9.17, 15) is 26.3 Å². The minimum absolute atomic E-state index is 0. The SMILES string of the molecule is C1CN=C2[N-]CCCN2C1.C1CN=C2[N-]CCCN2C1.C1CN=C2[N-]CCCN2C1.C1CN=C2[N-]CCCN2C1.O=S(=O)([O-])C(F)(F)F.O=S(=O)([O-])C(F)(F)F.[Ru+3].[Ru+3]. The number of rotatable bonds is 0. The van der Waals surface area contributed by atoms with Gasteiger partial charge in [0.15, 0.2) is 20.2 Å². The molecule has 8 rings (SSSR count). The maximum absolute atomic E-state index is 10.7. The number of nitrogens with zero attached hydrogens (tertiary/aromatic N) is 12. The normalized spacial score (nSPS) is 21.0. The van der Waals surface area contributed by atoms with Crippen molar-refractivity contribution in [2.45, 2.75) is 62.4 Å². The van der Waals surface area contributed by atoms with E-state index in [1.54, 1.807) is 0 Å². The van der Waals surface area contributed by atoms with Crippen molar-refractivity contribution in [3.05, 3.63) is 21.3 Å². The standard InChI is InChI=1S/4C7H12N3.2CHF3O3S.2Ru/c4*1-3-8-7-9-4-2-6-10(7)5-1;2*2-1(3,4)8(5,6)7;;/h4*1-6H2;2*(H,5,6,7);;/q4*-1;;;2*+3/p-2. The van der Waals surface area contributed by atoms with Crippen LogP contribution in [0, 0.1) is 0 Å². The van der Waals surface area contributed by atoms with Gasteiger partial charge in [-0.2, -0.15) is 26.3 Å². The average molecular weight is 1050 g/mol. The van der Waals surface area contributed by atoms with Gasteiger partial charge in [0.2, 0.25) is 0 Å². The van der Waals surface area contributed by atoms with E-state index in [1.165, 1.54) is 104 Å². The molecule has 0 aromatic rings. The smallest absolute Gasteiger partial charge is 0.741 e. The Morgan fingerprint density at radius 2 is 0.586 bits per heavy atom. The van der Waals surface area contributed by atoms with Crippen LogP contribution in [0.1, 0.15) is 51.4 Å². The van der Waals surface area contributed by atoms with Crippen molar-refractivity contribution in [3.8, 4) is 0 Å². The summed E-state index contributed by atoms with van der Waals surface area (Å²) in [6.07, 6.45) is 9.66. The van der Waals surface area contributed by atoms with Gasteiger partial charge in [-0.05, 0) is 156 Å². The molecule has 0 aromatic heterocycles. The largest absolute Gasteiger partial charge is 3.00 e. The second-order valence-corrected chi connectivity index (χ2v) is 15.6. The molecule has 8 heterocycles. The van der Waals surface area contributed by atoms with Crippen molar-refractivity contribution in [3.63, 3.8) is 0 Å². The third kappa shape index (κ3) is 19.4. The fourth-order valence-corrected chi connectivity index (χ4v) is 5.77. The molecule has 18 nitrogen and oxygen atoms in total. The number of halogens is 6. The molecular weight excluding hydrogens is 1000 g/mol. The zero-order valence-corrected chi connectivity index (χ0v) is 36.7. The molecule has 0 N–H and O–H groups in total. The van der Waals surface area contributed by atoms with Gasteiger partial charge >= 0.3 is 50.0 Å². The van der Waals surface area contributed by atoms with Gasteiger partial charge in [-0.3, -0.25) is 0 Å². The molecule has 0 aromatic carbocycles. The van der Waals surface area contributed by atoms with Crippen molar-refractivity contribution in [2.24, 2.45) is 20.0 Å². The van der Waals surface area contributed by atoms with Crippen LogP contribution < -0.4 is 0 Å². The van der Waals surface area contributed by atoms with Gasteiger partial charge in [0.25, 0.3) is 0 Å². The van der Waals surface area contributed by atoms with Crippen molar-refractivity contribution in [1.29, 1.82) is 0 Å². The van der Waals surface area contributed by atoms with Crippen LogP contribution in [0.3, 0.4) is 0 Å². The van der Waals surface area contributed by atoms with Crippen LogP contribution in [-0.4, -0.2) is 185 Å². The zero-order chi connectivity index (χ0) is 41.2. The summed E-state index contributed by atoms with van der Waals surface area (Å²) in [5.41, 5.74) is -11.3. The number of hydrogen-bond donors (Lipinski definition) is 0. The fraction of sp³-hybridized carbons (Fsp3) is 0.867. The predicted molar refractivity (Wildman–Crippen MR) is 197 cm³/mol. The summed E-state index contributed by atoms with van der Waals surface area (Å²) in [6, 6.07) is 0. The molecule has 0 unspecified atom stereocenters. The van der Waals surface area contributed by atoms with Gasteiger partial charge in [0.05, 0.1) is 0 Å². The minimum atomic E-state index is -6.09. The van der Waals surface area contributed by atoms with Gasteiger partial charge in [0, 0.05) is 23.8 Å². The zero-order valence-electron chi connectivity index (χ0n) is 31.6. The number of hydrogen-bond acceptors (Lipinski definition) is 14. The molecule has 8 aliphatic rings. The van der Waals surface area contributed by atoms with E-state index in [0.29, 0.717) is 0 Å². The van der Waals surface area contributed by atoms with Gasteiger partial charge in [-0.25, -0.2) is 16.8 Å². The Kier molecular flexibility index (Phi) is 24.2. The number of aliphatic imine (C=N–C) groups is 4. The first-order chi connectivity index (χ1) is 26.4. The van der Waals surface area contributed by atoms with Crippen LogP contribution in [0.5, 0.6) is 0 Å². The van der Waals surface area contributed by atoms with E-state index in [4.69, 9.17) is 25.9 Å². The van der Waals surface area contributed by atoms with Crippen LogP contribution in [-0.2, 0) is 59.2 Å². The Morgan fingerprint density at radius 3 is 0.741 bits per heavy atom. The molecule has 334 valence electrons. The third-order valence-electron chi connectivity index (χ3n) is 8.41. The number of fused-ring (bicyclic) bond motifs is 4. The van der Waals surface area contributed by atoms with Crippen molar-refractivity contribution >= 4 is 44.1 Å². The topological polar surface area (TPSA) is 233 Å². The van der Waals surface area contributed by atoms with Crippen molar-refractivity contribution in [2.75, 3.05) is 105 Å². The second-order valence-electron chi connectivity index (χ2n) is 12.8. The van der Waals surface area contributed by atoms with E-state index < -0.39 is 31.3 Å². The van der Waals surface area contributed by atoms with Crippen molar-refractivity contribution < 1.29 is 91.2 Å². The first kappa shape index (κ1) is 53.7. The monoisotopic (exact) mass is 1050 g/mol. The maximum Gasteiger partial charge on any atom is 3.00 e. The molecule has 0 amide bonds. The average Bonchev–Trinajstić information content (AvgIpc) is 3.18. The Balaban J connectivity index is 0.000000347. The molecule has 2 radical (unpaired) electrons. The van der Waals surface area contributed by atoms with E-state index in [1.807, 2.05) is 0 Å².